The van der Waals surface area contributed by atoms with Gasteiger partial charge in [-0.05, 0) is 12.8 Å². The number of aryl methyl sites for hydroxylation is 1. The normalized spacial score (nSPS) is 16.6. The summed E-state index contributed by atoms with van der Waals surface area (Å²) >= 11 is 0. The lowest BCUT2D eigenvalue weighted by Gasteiger charge is -2.12. The molecule has 1 heterocycles. The monoisotopic (exact) mass is 221 g/mol. The van der Waals surface area contributed by atoms with Crippen LogP contribution in [0.2, 0.25) is 0 Å². The summed E-state index contributed by atoms with van der Waals surface area (Å²) in [5.41, 5.74) is 5.95. The van der Waals surface area contributed by atoms with Crippen molar-refractivity contribution >= 4 is 5.91 Å². The Morgan fingerprint density at radius 3 is 2.69 bits per heavy atom. The van der Waals surface area contributed by atoms with E-state index < -0.39 is 5.91 Å². The highest BCUT2D eigenvalue weighted by molar-refractivity contribution is 5.93. The first-order valence-corrected chi connectivity index (χ1v) is 5.47. The Bertz CT molecular complexity index is 473. The number of hydrogen-bond acceptors (Lipinski definition) is 3. The SMILES string of the molecule is Cn1cc(C(N)=O)c(C2CCCC2)nc1=O. The van der Waals surface area contributed by atoms with Crippen LogP contribution in [-0.2, 0) is 7.05 Å². The number of carbonyl (C=O) groups is 1. The largest absolute Gasteiger partial charge is 0.365 e. The lowest BCUT2D eigenvalue weighted by atomic mass is 9.99. The molecule has 0 bridgehead atoms. The van der Waals surface area contributed by atoms with E-state index in [1.54, 1.807) is 7.05 Å². The van der Waals surface area contributed by atoms with Gasteiger partial charge in [0.05, 0.1) is 11.3 Å². The number of amides is 1. The lowest BCUT2D eigenvalue weighted by Crippen LogP contribution is -2.27. The smallest absolute Gasteiger partial charge is 0.347 e. The van der Waals surface area contributed by atoms with Gasteiger partial charge in [0.1, 0.15) is 0 Å². The van der Waals surface area contributed by atoms with E-state index in [1.807, 2.05) is 0 Å². The van der Waals surface area contributed by atoms with E-state index in [2.05, 4.69) is 4.98 Å². The molecule has 1 aromatic heterocycles. The quantitative estimate of drug-likeness (QED) is 0.791. The van der Waals surface area contributed by atoms with Crippen molar-refractivity contribution < 1.29 is 4.79 Å². The van der Waals surface area contributed by atoms with Crippen LogP contribution in [0, 0.1) is 0 Å². The molecule has 1 aliphatic carbocycles. The van der Waals surface area contributed by atoms with Crippen molar-refractivity contribution in [1.29, 1.82) is 0 Å². The van der Waals surface area contributed by atoms with E-state index in [4.69, 9.17) is 5.73 Å². The highest BCUT2D eigenvalue weighted by Gasteiger charge is 2.24. The lowest BCUT2D eigenvalue weighted by molar-refractivity contribution is 0.0997. The zero-order valence-electron chi connectivity index (χ0n) is 9.27. The van der Waals surface area contributed by atoms with Gasteiger partial charge in [-0.15, -0.1) is 0 Å². The summed E-state index contributed by atoms with van der Waals surface area (Å²) in [6, 6.07) is 0. The second-order valence-corrected chi connectivity index (χ2v) is 4.28. The summed E-state index contributed by atoms with van der Waals surface area (Å²) in [4.78, 5) is 26.8. The standard InChI is InChI=1S/C11H15N3O2/c1-14-6-8(10(12)15)9(13-11(14)16)7-4-2-3-5-7/h6-7H,2-5H2,1H3,(H2,12,15). The van der Waals surface area contributed by atoms with Gasteiger partial charge >= 0.3 is 5.69 Å². The summed E-state index contributed by atoms with van der Waals surface area (Å²) in [5, 5.41) is 0. The minimum atomic E-state index is -0.509. The molecule has 1 aliphatic rings. The molecule has 0 atom stereocenters. The van der Waals surface area contributed by atoms with Crippen molar-refractivity contribution in [1.82, 2.24) is 9.55 Å². The van der Waals surface area contributed by atoms with Gasteiger partial charge in [-0.25, -0.2) is 4.79 Å². The zero-order valence-corrected chi connectivity index (χ0v) is 9.27. The number of carbonyl (C=O) groups excluding carboxylic acids is 1. The van der Waals surface area contributed by atoms with Crippen LogP contribution >= 0.6 is 0 Å². The van der Waals surface area contributed by atoms with Crippen molar-refractivity contribution in [2.75, 3.05) is 0 Å². The number of nitrogens with two attached hydrogens (primary N) is 1. The molecule has 5 nitrogen and oxygen atoms in total. The summed E-state index contributed by atoms with van der Waals surface area (Å²) in [6.07, 6.45) is 5.71. The molecule has 2 N–H and O–H groups in total. The highest BCUT2D eigenvalue weighted by Crippen LogP contribution is 2.33. The van der Waals surface area contributed by atoms with Crippen LogP contribution < -0.4 is 11.4 Å². The topological polar surface area (TPSA) is 78.0 Å². The Labute approximate surface area is 93.3 Å². The molecule has 1 saturated carbocycles. The maximum Gasteiger partial charge on any atom is 0.347 e. The zero-order chi connectivity index (χ0) is 11.7. The molecule has 0 aliphatic heterocycles. The van der Waals surface area contributed by atoms with Crippen LogP contribution in [-0.4, -0.2) is 15.5 Å². The van der Waals surface area contributed by atoms with Crippen LogP contribution in [0.1, 0.15) is 47.7 Å². The predicted molar refractivity (Wildman–Crippen MR) is 59.2 cm³/mol. The summed E-state index contributed by atoms with van der Waals surface area (Å²) in [7, 11) is 1.57. The molecule has 16 heavy (non-hydrogen) atoms. The highest BCUT2D eigenvalue weighted by atomic mass is 16.1. The molecule has 1 fully saturated rings. The average molecular weight is 221 g/mol. The van der Waals surface area contributed by atoms with Crippen molar-refractivity contribution in [3.8, 4) is 0 Å². The van der Waals surface area contributed by atoms with Gasteiger partial charge in [0, 0.05) is 19.2 Å². The van der Waals surface area contributed by atoms with E-state index in [1.165, 1.54) is 10.8 Å². The molecule has 2 rings (SSSR count). The minimum Gasteiger partial charge on any atom is -0.365 e. The maximum atomic E-state index is 11.5. The van der Waals surface area contributed by atoms with Crippen molar-refractivity contribution in [2.24, 2.45) is 12.8 Å². The van der Waals surface area contributed by atoms with E-state index in [9.17, 15) is 9.59 Å². The molecular weight excluding hydrogens is 206 g/mol. The van der Waals surface area contributed by atoms with Crippen LogP contribution in [0.5, 0.6) is 0 Å². The van der Waals surface area contributed by atoms with E-state index in [0.717, 1.165) is 25.7 Å². The maximum absolute atomic E-state index is 11.5. The first-order chi connectivity index (χ1) is 7.59. The van der Waals surface area contributed by atoms with Crippen LogP contribution in [0.3, 0.4) is 0 Å². The summed E-state index contributed by atoms with van der Waals surface area (Å²) in [5.74, 6) is -0.290. The fourth-order valence-electron chi connectivity index (χ4n) is 2.26. The van der Waals surface area contributed by atoms with Crippen molar-refractivity contribution in [3.05, 3.63) is 27.9 Å². The van der Waals surface area contributed by atoms with Gasteiger partial charge in [-0.1, -0.05) is 12.8 Å². The first-order valence-electron chi connectivity index (χ1n) is 5.47. The summed E-state index contributed by atoms with van der Waals surface area (Å²) in [6.45, 7) is 0. The van der Waals surface area contributed by atoms with Gasteiger partial charge in [0.2, 0.25) is 0 Å². The Morgan fingerprint density at radius 1 is 1.50 bits per heavy atom. The third-order valence-electron chi connectivity index (χ3n) is 3.12. The molecule has 0 aromatic carbocycles. The Morgan fingerprint density at radius 2 is 2.12 bits per heavy atom. The number of rotatable bonds is 2. The van der Waals surface area contributed by atoms with Gasteiger partial charge < -0.3 is 10.3 Å². The molecule has 1 aromatic rings. The molecule has 0 saturated heterocycles. The molecule has 5 heteroatoms. The van der Waals surface area contributed by atoms with E-state index in [0.29, 0.717) is 11.3 Å². The van der Waals surface area contributed by atoms with Gasteiger partial charge in [-0.3, -0.25) is 4.79 Å². The Kier molecular flexibility index (Phi) is 2.77. The Hall–Kier alpha value is -1.65. The number of aromatic nitrogens is 2. The van der Waals surface area contributed by atoms with Crippen LogP contribution in [0.25, 0.3) is 0 Å². The number of primary amides is 1. The van der Waals surface area contributed by atoms with Crippen LogP contribution in [0.15, 0.2) is 11.0 Å². The third kappa shape index (κ3) is 1.85. The minimum absolute atomic E-state index is 0.219. The molecule has 0 radical (unpaired) electrons. The first kappa shape index (κ1) is 10.9. The molecule has 0 unspecified atom stereocenters. The number of hydrogen-bond donors (Lipinski definition) is 1. The van der Waals surface area contributed by atoms with E-state index >= 15 is 0 Å². The third-order valence-corrected chi connectivity index (χ3v) is 3.12. The fourth-order valence-corrected chi connectivity index (χ4v) is 2.26. The van der Waals surface area contributed by atoms with Gasteiger partial charge in [0.15, 0.2) is 0 Å². The van der Waals surface area contributed by atoms with Gasteiger partial charge in [-0.2, -0.15) is 4.98 Å². The molecule has 1 amide bonds. The Balaban J connectivity index is 2.52. The van der Waals surface area contributed by atoms with E-state index in [-0.39, 0.29) is 11.6 Å². The molecular formula is C11H15N3O2. The van der Waals surface area contributed by atoms with Crippen LogP contribution in [0.4, 0.5) is 0 Å². The van der Waals surface area contributed by atoms with Gasteiger partial charge in [0.25, 0.3) is 5.91 Å². The van der Waals surface area contributed by atoms with Crippen molar-refractivity contribution in [3.63, 3.8) is 0 Å². The molecule has 0 spiro atoms. The average Bonchev–Trinajstić information content (AvgIpc) is 2.74. The second-order valence-electron chi connectivity index (χ2n) is 4.28. The fraction of sp³-hybridized carbons (Fsp3) is 0.545. The van der Waals surface area contributed by atoms with Crippen molar-refractivity contribution in [2.45, 2.75) is 31.6 Å². The molecule has 86 valence electrons. The predicted octanol–water partition coefficient (Wildman–Crippen LogP) is 0.537. The summed E-state index contributed by atoms with van der Waals surface area (Å²) < 4.78 is 1.29. The second kappa shape index (κ2) is 4.08. The number of nitrogens with zero attached hydrogens (tertiary/aromatic N) is 2.